The Morgan fingerprint density at radius 2 is 1.76 bits per heavy atom. The molecule has 0 saturated heterocycles. The predicted molar refractivity (Wildman–Crippen MR) is 98.8 cm³/mol. The molecule has 0 heterocycles. The van der Waals surface area contributed by atoms with Crippen molar-refractivity contribution in [2.75, 3.05) is 26.0 Å². The second-order valence-corrected chi connectivity index (χ2v) is 5.98. The van der Waals surface area contributed by atoms with E-state index in [1.807, 2.05) is 55.5 Å². The van der Waals surface area contributed by atoms with Crippen molar-refractivity contribution >= 4 is 17.5 Å². The third-order valence-electron chi connectivity index (χ3n) is 3.94. The summed E-state index contributed by atoms with van der Waals surface area (Å²) < 4.78 is 5.29. The van der Waals surface area contributed by atoms with E-state index >= 15 is 0 Å². The lowest BCUT2D eigenvalue weighted by molar-refractivity contribution is -0.133. The predicted octanol–water partition coefficient (Wildman–Crippen LogP) is 3.03. The molecule has 2 rings (SSSR count). The highest BCUT2D eigenvalue weighted by Gasteiger charge is 2.14. The molecule has 0 radical (unpaired) electrons. The van der Waals surface area contributed by atoms with Crippen LogP contribution in [0.3, 0.4) is 0 Å². The van der Waals surface area contributed by atoms with E-state index in [2.05, 4.69) is 5.32 Å². The van der Waals surface area contributed by atoms with Gasteiger partial charge in [-0.25, -0.2) is 0 Å². The molecular formula is C20H24N2O3. The standard InChI is InChI=1S/C20H24N2O3/c1-15-8-11-17(12-9-15)21-19(23)14-22(2)20(24)13-10-16-6-4-5-7-18(16)25-3/h4-9,11-12H,10,13-14H2,1-3H3,(H,21,23). The number of nitrogens with one attached hydrogen (secondary N) is 1. The minimum absolute atomic E-state index is 0.0264. The van der Waals surface area contributed by atoms with Crippen LogP contribution in [0.2, 0.25) is 0 Å². The topological polar surface area (TPSA) is 58.6 Å². The van der Waals surface area contributed by atoms with Crippen molar-refractivity contribution in [3.05, 3.63) is 59.7 Å². The number of anilines is 1. The number of carbonyl (C=O) groups is 2. The summed E-state index contributed by atoms with van der Waals surface area (Å²) in [7, 11) is 3.25. The molecule has 0 aliphatic carbocycles. The van der Waals surface area contributed by atoms with E-state index in [0.717, 1.165) is 22.6 Å². The number of benzene rings is 2. The second kappa shape index (κ2) is 8.87. The molecule has 0 spiro atoms. The summed E-state index contributed by atoms with van der Waals surface area (Å²) in [4.78, 5) is 25.8. The van der Waals surface area contributed by atoms with Gasteiger partial charge in [-0.15, -0.1) is 0 Å². The molecule has 132 valence electrons. The quantitative estimate of drug-likeness (QED) is 0.843. The molecule has 2 amide bonds. The summed E-state index contributed by atoms with van der Waals surface area (Å²) in [6.07, 6.45) is 0.904. The van der Waals surface area contributed by atoms with Crippen LogP contribution in [0, 0.1) is 6.92 Å². The molecule has 2 aromatic rings. The molecule has 0 unspecified atom stereocenters. The van der Waals surface area contributed by atoms with E-state index < -0.39 is 0 Å². The molecule has 0 aliphatic rings. The third-order valence-corrected chi connectivity index (χ3v) is 3.94. The maximum Gasteiger partial charge on any atom is 0.243 e. The zero-order valence-corrected chi connectivity index (χ0v) is 14.9. The number of carbonyl (C=O) groups excluding carboxylic acids is 2. The number of para-hydroxylation sites is 1. The van der Waals surface area contributed by atoms with Gasteiger partial charge in [-0.1, -0.05) is 35.9 Å². The average Bonchev–Trinajstić information content (AvgIpc) is 2.61. The van der Waals surface area contributed by atoms with Crippen molar-refractivity contribution in [1.82, 2.24) is 4.90 Å². The smallest absolute Gasteiger partial charge is 0.243 e. The molecule has 2 aromatic carbocycles. The number of ether oxygens (including phenoxy) is 1. The lowest BCUT2D eigenvalue weighted by Crippen LogP contribution is -2.35. The van der Waals surface area contributed by atoms with Gasteiger partial charge in [-0.3, -0.25) is 9.59 Å². The molecule has 1 N–H and O–H groups in total. The van der Waals surface area contributed by atoms with E-state index in [1.165, 1.54) is 4.90 Å². The van der Waals surface area contributed by atoms with Crippen LogP contribution in [0.4, 0.5) is 5.69 Å². The number of aryl methyl sites for hydroxylation is 2. The Morgan fingerprint density at radius 1 is 1.08 bits per heavy atom. The molecule has 0 aliphatic heterocycles. The van der Waals surface area contributed by atoms with Crippen LogP contribution < -0.4 is 10.1 Å². The first kappa shape index (κ1) is 18.5. The largest absolute Gasteiger partial charge is 0.496 e. The van der Waals surface area contributed by atoms with Crippen molar-refractivity contribution < 1.29 is 14.3 Å². The molecule has 0 fully saturated rings. The Hall–Kier alpha value is -2.82. The third kappa shape index (κ3) is 5.64. The molecule has 25 heavy (non-hydrogen) atoms. The number of rotatable bonds is 7. The molecular weight excluding hydrogens is 316 g/mol. The van der Waals surface area contributed by atoms with Crippen molar-refractivity contribution in [3.63, 3.8) is 0 Å². The van der Waals surface area contributed by atoms with Gasteiger partial charge < -0.3 is 15.0 Å². The van der Waals surface area contributed by atoms with Crippen LogP contribution in [0.25, 0.3) is 0 Å². The lowest BCUT2D eigenvalue weighted by Gasteiger charge is -2.17. The minimum atomic E-state index is -0.211. The second-order valence-electron chi connectivity index (χ2n) is 5.98. The van der Waals surface area contributed by atoms with Gasteiger partial charge in [0.15, 0.2) is 0 Å². The highest BCUT2D eigenvalue weighted by molar-refractivity contribution is 5.94. The Balaban J connectivity index is 1.83. The first-order valence-corrected chi connectivity index (χ1v) is 8.22. The van der Waals surface area contributed by atoms with E-state index in [4.69, 9.17) is 4.74 Å². The van der Waals surface area contributed by atoms with Crippen molar-refractivity contribution in [3.8, 4) is 5.75 Å². The summed E-state index contributed by atoms with van der Waals surface area (Å²) in [6, 6.07) is 15.2. The Morgan fingerprint density at radius 3 is 2.44 bits per heavy atom. The number of likely N-dealkylation sites (N-methyl/N-ethyl adjacent to an activating group) is 1. The molecule has 0 atom stereocenters. The zero-order valence-electron chi connectivity index (χ0n) is 14.9. The van der Waals surface area contributed by atoms with Gasteiger partial charge in [-0.05, 0) is 37.1 Å². The molecule has 5 nitrogen and oxygen atoms in total. The van der Waals surface area contributed by atoms with Crippen molar-refractivity contribution in [2.45, 2.75) is 19.8 Å². The van der Waals surface area contributed by atoms with Gasteiger partial charge in [0.25, 0.3) is 0 Å². The fourth-order valence-corrected chi connectivity index (χ4v) is 2.48. The van der Waals surface area contributed by atoms with E-state index in [-0.39, 0.29) is 18.4 Å². The van der Waals surface area contributed by atoms with Gasteiger partial charge >= 0.3 is 0 Å². The number of methoxy groups -OCH3 is 1. The van der Waals surface area contributed by atoms with E-state index in [9.17, 15) is 9.59 Å². The van der Waals surface area contributed by atoms with Crippen LogP contribution in [0.1, 0.15) is 17.5 Å². The van der Waals surface area contributed by atoms with Crippen LogP contribution >= 0.6 is 0 Å². The van der Waals surface area contributed by atoms with Crippen molar-refractivity contribution in [1.29, 1.82) is 0 Å². The number of nitrogens with zero attached hydrogens (tertiary/aromatic N) is 1. The number of amides is 2. The Bertz CT molecular complexity index is 726. The SMILES string of the molecule is COc1ccccc1CCC(=O)N(C)CC(=O)Nc1ccc(C)cc1. The zero-order chi connectivity index (χ0) is 18.2. The van der Waals surface area contributed by atoms with Crippen LogP contribution in [-0.4, -0.2) is 37.4 Å². The van der Waals surface area contributed by atoms with E-state index in [1.54, 1.807) is 14.2 Å². The maximum absolute atomic E-state index is 12.3. The summed E-state index contributed by atoms with van der Waals surface area (Å²) in [5.41, 5.74) is 2.84. The minimum Gasteiger partial charge on any atom is -0.496 e. The number of hydrogen-bond acceptors (Lipinski definition) is 3. The monoisotopic (exact) mass is 340 g/mol. The summed E-state index contributed by atoms with van der Waals surface area (Å²) in [5, 5.41) is 2.79. The van der Waals surface area contributed by atoms with Crippen LogP contribution in [0.15, 0.2) is 48.5 Å². The van der Waals surface area contributed by atoms with Gasteiger partial charge in [0.2, 0.25) is 11.8 Å². The Labute approximate surface area is 148 Å². The average molecular weight is 340 g/mol. The number of hydrogen-bond donors (Lipinski definition) is 1. The molecule has 5 heteroatoms. The normalized spacial score (nSPS) is 10.2. The fraction of sp³-hybridized carbons (Fsp3) is 0.300. The fourth-order valence-electron chi connectivity index (χ4n) is 2.48. The summed E-state index contributed by atoms with van der Waals surface area (Å²) in [5.74, 6) is 0.483. The highest BCUT2D eigenvalue weighted by atomic mass is 16.5. The van der Waals surface area contributed by atoms with Crippen molar-refractivity contribution in [2.24, 2.45) is 0 Å². The van der Waals surface area contributed by atoms with Gasteiger partial charge in [0.05, 0.1) is 13.7 Å². The molecule has 0 saturated carbocycles. The summed E-state index contributed by atoms with van der Waals surface area (Å²) in [6.45, 7) is 2.01. The maximum atomic E-state index is 12.3. The molecule has 0 aromatic heterocycles. The Kier molecular flexibility index (Phi) is 6.57. The van der Waals surface area contributed by atoms with Gasteiger partial charge in [-0.2, -0.15) is 0 Å². The van der Waals surface area contributed by atoms with Gasteiger partial charge in [0, 0.05) is 19.2 Å². The van der Waals surface area contributed by atoms with Crippen LogP contribution in [-0.2, 0) is 16.0 Å². The van der Waals surface area contributed by atoms with E-state index in [0.29, 0.717) is 12.8 Å². The highest BCUT2D eigenvalue weighted by Crippen LogP contribution is 2.19. The molecule has 0 bridgehead atoms. The first-order valence-electron chi connectivity index (χ1n) is 8.22. The summed E-state index contributed by atoms with van der Waals surface area (Å²) >= 11 is 0. The lowest BCUT2D eigenvalue weighted by atomic mass is 10.1. The first-order chi connectivity index (χ1) is 12.0. The van der Waals surface area contributed by atoms with Gasteiger partial charge in [0.1, 0.15) is 5.75 Å². The van der Waals surface area contributed by atoms with Crippen LogP contribution in [0.5, 0.6) is 5.75 Å².